The quantitative estimate of drug-likeness (QED) is 0.669. The van der Waals surface area contributed by atoms with Gasteiger partial charge in [0.1, 0.15) is 5.75 Å². The molecule has 0 atom stereocenters. The monoisotopic (exact) mass is 310 g/mol. The number of halogens is 2. The van der Waals surface area contributed by atoms with Gasteiger partial charge in [-0.15, -0.1) is 0 Å². The highest BCUT2D eigenvalue weighted by Gasteiger charge is 2.14. The predicted octanol–water partition coefficient (Wildman–Crippen LogP) is 4.01. The van der Waals surface area contributed by atoms with Gasteiger partial charge in [0.15, 0.2) is 0 Å². The minimum absolute atomic E-state index is 0.395. The minimum Gasteiger partial charge on any atom is -0.495 e. The molecule has 2 aromatic rings. The van der Waals surface area contributed by atoms with Crippen LogP contribution in [0.15, 0.2) is 36.4 Å². The maximum Gasteiger partial charge on any atom is 0.306 e. The van der Waals surface area contributed by atoms with Gasteiger partial charge in [-0.2, -0.15) is 4.39 Å². The van der Waals surface area contributed by atoms with Gasteiger partial charge in [0.25, 0.3) is 0 Å². The molecular weight excluding hydrogens is 299 g/mol. The first-order valence-electron chi connectivity index (χ1n) is 6.01. The number of nitrogens with one attached hydrogen (secondary N) is 1. The summed E-state index contributed by atoms with van der Waals surface area (Å²) in [5.74, 6) is -0.295. The lowest BCUT2D eigenvalue weighted by Crippen LogP contribution is -2.01. The summed E-state index contributed by atoms with van der Waals surface area (Å²) in [5.41, 5.74) is 0.760. The van der Waals surface area contributed by atoms with Crippen LogP contribution in [-0.2, 0) is 6.54 Å². The van der Waals surface area contributed by atoms with Crippen LogP contribution < -0.4 is 10.1 Å². The molecule has 0 amide bonds. The van der Waals surface area contributed by atoms with E-state index in [4.69, 9.17) is 16.3 Å². The van der Waals surface area contributed by atoms with Crippen LogP contribution in [0.2, 0.25) is 5.02 Å². The van der Waals surface area contributed by atoms with Crippen LogP contribution >= 0.6 is 11.6 Å². The van der Waals surface area contributed by atoms with Gasteiger partial charge in [-0.1, -0.05) is 17.7 Å². The number of rotatable bonds is 5. The average Bonchev–Trinajstić information content (AvgIpc) is 2.46. The van der Waals surface area contributed by atoms with Gasteiger partial charge in [-0.05, 0) is 29.8 Å². The van der Waals surface area contributed by atoms with Gasteiger partial charge < -0.3 is 10.1 Å². The number of hydrogen-bond donors (Lipinski definition) is 1. The zero-order valence-corrected chi connectivity index (χ0v) is 11.9. The van der Waals surface area contributed by atoms with Gasteiger partial charge in [0, 0.05) is 18.3 Å². The Labute approximate surface area is 125 Å². The lowest BCUT2D eigenvalue weighted by Gasteiger charge is -2.09. The molecule has 21 heavy (non-hydrogen) atoms. The Hall–Kier alpha value is -2.34. The molecule has 2 aromatic carbocycles. The summed E-state index contributed by atoms with van der Waals surface area (Å²) in [6.07, 6.45) is 0. The maximum absolute atomic E-state index is 13.2. The molecule has 1 N–H and O–H groups in total. The van der Waals surface area contributed by atoms with E-state index in [0.29, 0.717) is 23.0 Å². The third-order valence-corrected chi connectivity index (χ3v) is 3.15. The number of nitrogens with zero attached hydrogens (tertiary/aromatic N) is 1. The molecule has 0 heterocycles. The second kappa shape index (κ2) is 6.41. The third-order valence-electron chi connectivity index (χ3n) is 2.86. The molecule has 0 unspecified atom stereocenters. The van der Waals surface area contributed by atoms with Crippen LogP contribution in [0.3, 0.4) is 0 Å². The van der Waals surface area contributed by atoms with Crippen molar-refractivity contribution in [3.05, 3.63) is 62.9 Å². The lowest BCUT2D eigenvalue weighted by molar-refractivity contribution is -0.387. The van der Waals surface area contributed by atoms with Crippen molar-refractivity contribution in [2.75, 3.05) is 12.4 Å². The fourth-order valence-corrected chi connectivity index (χ4v) is 2.07. The first-order chi connectivity index (χ1) is 10.0. The number of ether oxygens (including phenoxy) is 1. The van der Waals surface area contributed by atoms with Crippen molar-refractivity contribution in [3.8, 4) is 5.75 Å². The summed E-state index contributed by atoms with van der Waals surface area (Å²) in [7, 11) is 1.52. The highest BCUT2D eigenvalue weighted by molar-refractivity contribution is 6.32. The summed E-state index contributed by atoms with van der Waals surface area (Å²) in [6, 6.07) is 8.92. The van der Waals surface area contributed by atoms with Crippen LogP contribution in [0.25, 0.3) is 0 Å². The van der Waals surface area contributed by atoms with Gasteiger partial charge >= 0.3 is 5.69 Å². The summed E-state index contributed by atoms with van der Waals surface area (Å²) in [4.78, 5) is 9.91. The minimum atomic E-state index is -0.863. The standard InChI is InChI=1S/C14H12ClFN2O3/c1-21-14-5-2-9(6-11(14)15)8-17-10-3-4-12(16)13(7-10)18(19)20/h2-7,17H,8H2,1H3. The zero-order chi connectivity index (χ0) is 15.4. The van der Waals surface area contributed by atoms with Crippen molar-refractivity contribution in [2.45, 2.75) is 6.54 Å². The van der Waals surface area contributed by atoms with Gasteiger partial charge in [0.2, 0.25) is 5.82 Å². The first kappa shape index (κ1) is 15.1. The van der Waals surface area contributed by atoms with Crippen molar-refractivity contribution in [1.29, 1.82) is 0 Å². The largest absolute Gasteiger partial charge is 0.495 e. The van der Waals surface area contributed by atoms with Crippen LogP contribution in [0.1, 0.15) is 5.56 Å². The molecule has 0 aliphatic rings. The SMILES string of the molecule is COc1ccc(CNc2ccc(F)c([N+](=O)[O-])c2)cc1Cl. The van der Waals surface area contributed by atoms with E-state index in [2.05, 4.69) is 5.32 Å². The Kier molecular flexibility index (Phi) is 4.59. The molecule has 0 aromatic heterocycles. The van der Waals surface area contributed by atoms with E-state index in [1.54, 1.807) is 12.1 Å². The highest BCUT2D eigenvalue weighted by Crippen LogP contribution is 2.26. The van der Waals surface area contributed by atoms with E-state index in [9.17, 15) is 14.5 Å². The molecule has 0 saturated carbocycles. The molecule has 0 fully saturated rings. The van der Waals surface area contributed by atoms with Crippen LogP contribution in [0.4, 0.5) is 15.8 Å². The number of nitro benzene ring substituents is 1. The fourth-order valence-electron chi connectivity index (χ4n) is 1.79. The molecule has 110 valence electrons. The molecule has 0 aliphatic heterocycles. The van der Waals surface area contributed by atoms with Crippen LogP contribution in [0, 0.1) is 15.9 Å². The maximum atomic E-state index is 13.2. The molecule has 0 bridgehead atoms. The van der Waals surface area contributed by atoms with Crippen LogP contribution in [0.5, 0.6) is 5.75 Å². The summed E-state index contributed by atoms with van der Waals surface area (Å²) in [6.45, 7) is 0.395. The van der Waals surface area contributed by atoms with E-state index in [-0.39, 0.29) is 0 Å². The molecule has 2 rings (SSSR count). The van der Waals surface area contributed by atoms with E-state index >= 15 is 0 Å². The highest BCUT2D eigenvalue weighted by atomic mass is 35.5. The van der Waals surface area contributed by atoms with E-state index < -0.39 is 16.4 Å². The molecule has 0 radical (unpaired) electrons. The fraction of sp³-hybridized carbons (Fsp3) is 0.143. The molecule has 5 nitrogen and oxygen atoms in total. The predicted molar refractivity (Wildman–Crippen MR) is 78.4 cm³/mol. The normalized spacial score (nSPS) is 10.2. The van der Waals surface area contributed by atoms with Gasteiger partial charge in [-0.25, -0.2) is 0 Å². The van der Waals surface area contributed by atoms with E-state index in [0.717, 1.165) is 17.7 Å². The molecule has 0 aliphatic carbocycles. The number of benzene rings is 2. The topological polar surface area (TPSA) is 64.4 Å². The molecule has 0 saturated heterocycles. The van der Waals surface area contributed by atoms with Crippen LogP contribution in [-0.4, -0.2) is 12.0 Å². The van der Waals surface area contributed by atoms with Crippen molar-refractivity contribution >= 4 is 23.0 Å². The Balaban J connectivity index is 2.11. The van der Waals surface area contributed by atoms with Crippen molar-refractivity contribution < 1.29 is 14.1 Å². The van der Waals surface area contributed by atoms with Gasteiger partial charge in [0.05, 0.1) is 17.1 Å². The number of nitro groups is 1. The van der Waals surface area contributed by atoms with E-state index in [1.165, 1.54) is 13.2 Å². The Morgan fingerprint density at radius 3 is 2.71 bits per heavy atom. The average molecular weight is 311 g/mol. The first-order valence-corrected chi connectivity index (χ1v) is 6.39. The number of methoxy groups -OCH3 is 1. The Morgan fingerprint density at radius 1 is 1.33 bits per heavy atom. The molecular formula is C14H12ClFN2O3. The Bertz CT molecular complexity index is 679. The zero-order valence-electron chi connectivity index (χ0n) is 11.1. The van der Waals surface area contributed by atoms with Gasteiger partial charge in [-0.3, -0.25) is 10.1 Å². The lowest BCUT2D eigenvalue weighted by atomic mass is 10.2. The molecule has 0 spiro atoms. The summed E-state index contributed by atoms with van der Waals surface area (Å²) in [5, 5.41) is 14.1. The number of hydrogen-bond acceptors (Lipinski definition) is 4. The van der Waals surface area contributed by atoms with Crippen molar-refractivity contribution in [2.24, 2.45) is 0 Å². The second-order valence-corrected chi connectivity index (χ2v) is 4.65. The van der Waals surface area contributed by atoms with Crippen molar-refractivity contribution in [3.63, 3.8) is 0 Å². The second-order valence-electron chi connectivity index (χ2n) is 4.25. The smallest absolute Gasteiger partial charge is 0.306 e. The van der Waals surface area contributed by atoms with E-state index in [1.807, 2.05) is 6.07 Å². The summed E-state index contributed by atoms with van der Waals surface area (Å²) < 4.78 is 18.3. The third kappa shape index (κ3) is 3.61. The Morgan fingerprint density at radius 2 is 2.10 bits per heavy atom. The summed E-state index contributed by atoms with van der Waals surface area (Å²) >= 11 is 6.01. The van der Waals surface area contributed by atoms with Crippen molar-refractivity contribution in [1.82, 2.24) is 0 Å². The number of anilines is 1. The molecule has 7 heteroatoms.